The lowest BCUT2D eigenvalue weighted by Crippen LogP contribution is -2.16. The summed E-state index contributed by atoms with van der Waals surface area (Å²) in [5, 5.41) is 16.8. The zero-order chi connectivity index (χ0) is 22.8. The number of hydrazone groups is 1. The van der Waals surface area contributed by atoms with Gasteiger partial charge in [0.05, 0.1) is 11.1 Å². The lowest BCUT2D eigenvalue weighted by Gasteiger charge is -2.05. The maximum Gasteiger partial charge on any atom is 0.307 e. The van der Waals surface area contributed by atoms with Crippen molar-refractivity contribution in [3.63, 3.8) is 0 Å². The van der Waals surface area contributed by atoms with Crippen LogP contribution in [-0.2, 0) is 6.54 Å². The smallest absolute Gasteiger partial charge is 0.307 e. The molecule has 8 heteroatoms. The SMILES string of the molecule is O=C(N/N=C\c1cn(Cc2ccc([N+](=O)[O-])cc2)c2ccccc12)c1cc2ccccc2o1. The Kier molecular flexibility index (Phi) is 5.16. The van der Waals surface area contributed by atoms with Crippen molar-refractivity contribution >= 4 is 39.7 Å². The third-order valence-corrected chi connectivity index (χ3v) is 5.34. The number of amides is 1. The van der Waals surface area contributed by atoms with Crippen LogP contribution in [0, 0.1) is 10.1 Å². The molecule has 0 atom stereocenters. The predicted molar refractivity (Wildman–Crippen MR) is 125 cm³/mol. The highest BCUT2D eigenvalue weighted by Gasteiger charge is 2.12. The first-order valence-corrected chi connectivity index (χ1v) is 10.2. The molecule has 162 valence electrons. The summed E-state index contributed by atoms with van der Waals surface area (Å²) in [4.78, 5) is 22.9. The van der Waals surface area contributed by atoms with Gasteiger partial charge in [0.15, 0.2) is 5.76 Å². The summed E-state index contributed by atoms with van der Waals surface area (Å²) in [5.74, 6) is -0.244. The number of carbonyl (C=O) groups is 1. The van der Waals surface area contributed by atoms with Crippen molar-refractivity contribution in [3.8, 4) is 0 Å². The number of nitrogens with zero attached hydrogens (tertiary/aromatic N) is 3. The number of fused-ring (bicyclic) bond motifs is 2. The molecule has 0 saturated heterocycles. The molecule has 5 rings (SSSR count). The number of nitro groups is 1. The van der Waals surface area contributed by atoms with Crippen molar-refractivity contribution < 1.29 is 14.1 Å². The zero-order valence-electron chi connectivity index (χ0n) is 17.3. The van der Waals surface area contributed by atoms with E-state index in [4.69, 9.17) is 4.42 Å². The molecule has 0 spiro atoms. The van der Waals surface area contributed by atoms with Crippen molar-refractivity contribution in [1.82, 2.24) is 9.99 Å². The van der Waals surface area contributed by atoms with Crippen LogP contribution in [0.2, 0.25) is 0 Å². The van der Waals surface area contributed by atoms with Gasteiger partial charge in [-0.3, -0.25) is 14.9 Å². The molecule has 1 amide bonds. The topological polar surface area (TPSA) is 103 Å². The van der Waals surface area contributed by atoms with E-state index in [0.29, 0.717) is 12.1 Å². The molecule has 0 unspecified atom stereocenters. The van der Waals surface area contributed by atoms with Crippen LogP contribution in [-0.4, -0.2) is 21.6 Å². The van der Waals surface area contributed by atoms with Gasteiger partial charge in [0.1, 0.15) is 5.58 Å². The summed E-state index contributed by atoms with van der Waals surface area (Å²) >= 11 is 0. The summed E-state index contributed by atoms with van der Waals surface area (Å²) in [6, 6.07) is 23.4. The Balaban J connectivity index is 1.36. The van der Waals surface area contributed by atoms with Gasteiger partial charge in [0.2, 0.25) is 0 Å². The molecular formula is C25H18N4O4. The Bertz CT molecular complexity index is 1480. The van der Waals surface area contributed by atoms with Crippen LogP contribution in [0.15, 0.2) is 94.6 Å². The number of nitro benzene ring substituents is 1. The molecule has 0 aliphatic rings. The first-order valence-electron chi connectivity index (χ1n) is 10.2. The van der Waals surface area contributed by atoms with Gasteiger partial charge in [-0.2, -0.15) is 5.10 Å². The second kappa shape index (κ2) is 8.43. The van der Waals surface area contributed by atoms with Crippen LogP contribution in [0.1, 0.15) is 21.7 Å². The number of hydrogen-bond acceptors (Lipinski definition) is 5. The molecule has 8 nitrogen and oxygen atoms in total. The van der Waals surface area contributed by atoms with E-state index in [1.54, 1.807) is 30.5 Å². The number of non-ortho nitro benzene ring substituents is 1. The Morgan fingerprint density at radius 1 is 1.06 bits per heavy atom. The van der Waals surface area contributed by atoms with E-state index in [-0.39, 0.29) is 11.4 Å². The van der Waals surface area contributed by atoms with E-state index < -0.39 is 10.8 Å². The van der Waals surface area contributed by atoms with Crippen LogP contribution in [0.3, 0.4) is 0 Å². The van der Waals surface area contributed by atoms with Gasteiger partial charge in [-0.1, -0.05) is 48.5 Å². The minimum absolute atomic E-state index is 0.0594. The fraction of sp³-hybridized carbons (Fsp3) is 0.0400. The largest absolute Gasteiger partial charge is 0.451 e. The molecule has 1 N–H and O–H groups in total. The highest BCUT2D eigenvalue weighted by Crippen LogP contribution is 2.22. The van der Waals surface area contributed by atoms with Gasteiger partial charge in [-0.05, 0) is 23.8 Å². The van der Waals surface area contributed by atoms with Crippen molar-refractivity contribution in [2.75, 3.05) is 0 Å². The summed E-state index contributed by atoms with van der Waals surface area (Å²) < 4.78 is 7.60. The maximum absolute atomic E-state index is 12.4. The van der Waals surface area contributed by atoms with E-state index >= 15 is 0 Å². The zero-order valence-corrected chi connectivity index (χ0v) is 17.3. The monoisotopic (exact) mass is 438 g/mol. The fourth-order valence-electron chi connectivity index (χ4n) is 3.74. The number of rotatable bonds is 6. The molecule has 33 heavy (non-hydrogen) atoms. The molecule has 0 fully saturated rings. The minimum atomic E-state index is -0.433. The summed E-state index contributed by atoms with van der Waals surface area (Å²) in [6.07, 6.45) is 3.53. The highest BCUT2D eigenvalue weighted by molar-refractivity contribution is 6.01. The van der Waals surface area contributed by atoms with Crippen molar-refractivity contribution in [2.45, 2.75) is 6.54 Å². The van der Waals surface area contributed by atoms with Crippen LogP contribution in [0.5, 0.6) is 0 Å². The Morgan fingerprint density at radius 2 is 1.82 bits per heavy atom. The lowest BCUT2D eigenvalue weighted by molar-refractivity contribution is -0.384. The van der Waals surface area contributed by atoms with E-state index in [9.17, 15) is 14.9 Å². The first-order chi connectivity index (χ1) is 16.1. The third kappa shape index (κ3) is 4.09. The average Bonchev–Trinajstić information content (AvgIpc) is 3.42. The first kappa shape index (κ1) is 20.2. The number of hydrogen-bond donors (Lipinski definition) is 1. The van der Waals surface area contributed by atoms with E-state index in [2.05, 4.69) is 10.5 Å². The number of aromatic nitrogens is 1. The van der Waals surface area contributed by atoms with Gasteiger partial charge in [-0.15, -0.1) is 0 Å². The van der Waals surface area contributed by atoms with Gasteiger partial charge in [0, 0.05) is 46.7 Å². The minimum Gasteiger partial charge on any atom is -0.451 e. The second-order valence-corrected chi connectivity index (χ2v) is 7.50. The van der Waals surface area contributed by atoms with E-state index in [1.807, 2.05) is 53.2 Å². The molecule has 0 bridgehead atoms. The van der Waals surface area contributed by atoms with Gasteiger partial charge < -0.3 is 8.98 Å². The number of carbonyl (C=O) groups excluding carboxylic acids is 1. The van der Waals surface area contributed by atoms with Crippen molar-refractivity contribution in [1.29, 1.82) is 0 Å². The standard InChI is InChI=1S/C25H18N4O4/c30-25(24-13-18-5-1-4-8-23(18)33-24)27-26-14-19-16-28(22-7-3-2-6-21(19)22)15-17-9-11-20(12-10-17)29(31)32/h1-14,16H,15H2,(H,27,30)/b26-14-. The molecule has 3 aromatic carbocycles. The second-order valence-electron chi connectivity index (χ2n) is 7.50. The molecule has 2 aromatic heterocycles. The predicted octanol–water partition coefficient (Wildman–Crippen LogP) is 5.11. The van der Waals surface area contributed by atoms with Crippen LogP contribution in [0.25, 0.3) is 21.9 Å². The quantitative estimate of drug-likeness (QED) is 0.226. The van der Waals surface area contributed by atoms with Gasteiger partial charge in [0.25, 0.3) is 5.69 Å². The average molecular weight is 438 g/mol. The number of benzene rings is 3. The Hall–Kier alpha value is -4.72. The van der Waals surface area contributed by atoms with Crippen LogP contribution in [0.4, 0.5) is 5.69 Å². The normalized spacial score (nSPS) is 11.4. The molecule has 2 heterocycles. The molecule has 0 saturated carbocycles. The van der Waals surface area contributed by atoms with Crippen molar-refractivity contribution in [3.05, 3.63) is 112 Å². The van der Waals surface area contributed by atoms with E-state index in [1.165, 1.54) is 12.1 Å². The van der Waals surface area contributed by atoms with Gasteiger partial charge >= 0.3 is 5.91 Å². The molecule has 0 aliphatic heterocycles. The van der Waals surface area contributed by atoms with Crippen molar-refractivity contribution in [2.24, 2.45) is 5.10 Å². The molecular weight excluding hydrogens is 420 g/mol. The van der Waals surface area contributed by atoms with E-state index in [0.717, 1.165) is 27.4 Å². The Morgan fingerprint density at radius 3 is 2.61 bits per heavy atom. The lowest BCUT2D eigenvalue weighted by atomic mass is 10.2. The molecule has 5 aromatic rings. The van der Waals surface area contributed by atoms with Crippen LogP contribution >= 0.6 is 0 Å². The number of nitrogens with one attached hydrogen (secondary N) is 1. The molecule has 0 aliphatic carbocycles. The summed E-state index contributed by atoms with van der Waals surface area (Å²) in [6.45, 7) is 0.539. The summed E-state index contributed by atoms with van der Waals surface area (Å²) in [7, 11) is 0. The third-order valence-electron chi connectivity index (χ3n) is 5.34. The maximum atomic E-state index is 12.4. The highest BCUT2D eigenvalue weighted by atomic mass is 16.6. The molecule has 0 radical (unpaired) electrons. The number of furan rings is 1. The number of para-hydroxylation sites is 2. The Labute approximate surface area is 187 Å². The van der Waals surface area contributed by atoms with Crippen LogP contribution < -0.4 is 5.43 Å². The van der Waals surface area contributed by atoms with Gasteiger partial charge in [-0.25, -0.2) is 5.43 Å². The fourth-order valence-corrected chi connectivity index (χ4v) is 3.74. The summed E-state index contributed by atoms with van der Waals surface area (Å²) in [5.41, 5.74) is 5.96.